The van der Waals surface area contributed by atoms with Gasteiger partial charge in [-0.2, -0.15) is 9.57 Å². The van der Waals surface area contributed by atoms with Gasteiger partial charge in [-0.3, -0.25) is 0 Å². The summed E-state index contributed by atoms with van der Waals surface area (Å²) in [5.74, 6) is -1.74. The summed E-state index contributed by atoms with van der Waals surface area (Å²) in [6.45, 7) is 0.346. The minimum atomic E-state index is -3.53. The molecule has 1 aliphatic rings. The lowest BCUT2D eigenvalue weighted by Gasteiger charge is -2.36. The van der Waals surface area contributed by atoms with E-state index in [-0.39, 0.29) is 24.8 Å². The summed E-state index contributed by atoms with van der Waals surface area (Å²) in [6.07, 6.45) is 1.25. The lowest BCUT2D eigenvalue weighted by atomic mass is 10.2. The number of carbonyl (C=O) groups is 1. The maximum Gasteiger partial charge on any atom is 0.358 e. The molecule has 0 spiro atoms. The SMILES string of the molecule is N#CCS(=O)(=O)N1CC(n2cc(C(=O)O)nn2)C1. The zero-order valence-corrected chi connectivity index (χ0v) is 9.91. The van der Waals surface area contributed by atoms with Gasteiger partial charge in [0.25, 0.3) is 0 Å². The molecule has 0 saturated carbocycles. The lowest BCUT2D eigenvalue weighted by Crippen LogP contribution is -2.51. The summed E-state index contributed by atoms with van der Waals surface area (Å²) in [7, 11) is -3.53. The number of carboxylic acid groups (broad SMARTS) is 1. The molecule has 1 N–H and O–H groups in total. The summed E-state index contributed by atoms with van der Waals surface area (Å²) < 4.78 is 25.4. The van der Waals surface area contributed by atoms with Crippen LogP contribution in [-0.2, 0) is 10.0 Å². The molecular weight excluding hydrogens is 262 g/mol. The molecule has 18 heavy (non-hydrogen) atoms. The molecule has 0 amide bonds. The Morgan fingerprint density at radius 1 is 1.61 bits per heavy atom. The van der Waals surface area contributed by atoms with Gasteiger partial charge in [-0.05, 0) is 0 Å². The van der Waals surface area contributed by atoms with E-state index >= 15 is 0 Å². The number of nitriles is 1. The first-order valence-corrected chi connectivity index (χ1v) is 6.55. The number of carboxylic acids is 1. The summed E-state index contributed by atoms with van der Waals surface area (Å²) in [4.78, 5) is 10.6. The molecule has 0 radical (unpaired) electrons. The second kappa shape index (κ2) is 4.35. The molecule has 10 heteroatoms. The predicted octanol–water partition coefficient (Wildman–Crippen LogP) is -1.31. The van der Waals surface area contributed by atoms with Gasteiger partial charge in [0.05, 0.1) is 18.3 Å². The average molecular weight is 271 g/mol. The number of sulfonamides is 1. The number of rotatable bonds is 4. The minimum Gasteiger partial charge on any atom is -0.476 e. The zero-order chi connectivity index (χ0) is 13.3. The van der Waals surface area contributed by atoms with E-state index < -0.39 is 21.7 Å². The van der Waals surface area contributed by atoms with E-state index in [2.05, 4.69) is 10.3 Å². The molecule has 0 aliphatic carbocycles. The quantitative estimate of drug-likeness (QED) is 0.719. The van der Waals surface area contributed by atoms with Crippen molar-refractivity contribution < 1.29 is 18.3 Å². The van der Waals surface area contributed by atoms with Crippen LogP contribution in [-0.4, -0.2) is 57.6 Å². The van der Waals surface area contributed by atoms with Crippen molar-refractivity contribution in [2.45, 2.75) is 6.04 Å². The van der Waals surface area contributed by atoms with Crippen LogP contribution in [0.4, 0.5) is 0 Å². The summed E-state index contributed by atoms with van der Waals surface area (Å²) >= 11 is 0. The second-order valence-electron chi connectivity index (χ2n) is 3.77. The monoisotopic (exact) mass is 271 g/mol. The molecule has 1 fully saturated rings. The van der Waals surface area contributed by atoms with E-state index in [1.807, 2.05) is 0 Å². The molecule has 0 bridgehead atoms. The average Bonchev–Trinajstić information content (AvgIpc) is 2.63. The minimum absolute atomic E-state index is 0.173. The first-order chi connectivity index (χ1) is 8.44. The van der Waals surface area contributed by atoms with Crippen molar-refractivity contribution in [2.75, 3.05) is 18.8 Å². The van der Waals surface area contributed by atoms with E-state index in [4.69, 9.17) is 10.4 Å². The molecule has 0 aromatic carbocycles. The maximum atomic E-state index is 11.5. The van der Waals surface area contributed by atoms with Crippen molar-refractivity contribution in [3.63, 3.8) is 0 Å². The van der Waals surface area contributed by atoms with Gasteiger partial charge in [-0.1, -0.05) is 5.21 Å². The van der Waals surface area contributed by atoms with E-state index in [1.54, 1.807) is 6.07 Å². The Bertz CT molecular complexity index is 610. The molecule has 2 heterocycles. The van der Waals surface area contributed by atoms with Gasteiger partial charge in [0, 0.05) is 13.1 Å². The summed E-state index contributed by atoms with van der Waals surface area (Å²) in [5.41, 5.74) is -0.187. The van der Waals surface area contributed by atoms with Crippen LogP contribution in [0.15, 0.2) is 6.20 Å². The van der Waals surface area contributed by atoms with Crippen molar-refractivity contribution in [2.24, 2.45) is 0 Å². The Morgan fingerprint density at radius 2 is 2.28 bits per heavy atom. The van der Waals surface area contributed by atoms with Crippen molar-refractivity contribution >= 4 is 16.0 Å². The zero-order valence-electron chi connectivity index (χ0n) is 9.09. The fourth-order valence-corrected chi connectivity index (χ4v) is 2.68. The highest BCUT2D eigenvalue weighted by Gasteiger charge is 2.37. The van der Waals surface area contributed by atoms with Crippen molar-refractivity contribution in [1.82, 2.24) is 19.3 Å². The largest absolute Gasteiger partial charge is 0.476 e. The molecule has 9 nitrogen and oxygen atoms in total. The Balaban J connectivity index is 2.01. The number of aromatic nitrogens is 3. The maximum absolute atomic E-state index is 11.5. The van der Waals surface area contributed by atoms with Crippen LogP contribution in [0.2, 0.25) is 0 Å². The molecule has 96 valence electrons. The van der Waals surface area contributed by atoms with Crippen LogP contribution in [0, 0.1) is 11.3 Å². The normalized spacial score (nSPS) is 17.1. The molecule has 2 rings (SSSR count). The highest BCUT2D eigenvalue weighted by molar-refractivity contribution is 7.89. The predicted molar refractivity (Wildman–Crippen MR) is 57.0 cm³/mol. The lowest BCUT2D eigenvalue weighted by molar-refractivity contribution is 0.0690. The van der Waals surface area contributed by atoms with Gasteiger partial charge in [0.1, 0.15) is 0 Å². The Morgan fingerprint density at radius 3 is 2.78 bits per heavy atom. The smallest absolute Gasteiger partial charge is 0.358 e. The van der Waals surface area contributed by atoms with Gasteiger partial charge in [0.2, 0.25) is 10.0 Å². The van der Waals surface area contributed by atoms with Crippen LogP contribution < -0.4 is 0 Å². The number of hydrogen-bond acceptors (Lipinski definition) is 6. The van der Waals surface area contributed by atoms with Crippen molar-refractivity contribution in [3.05, 3.63) is 11.9 Å². The first kappa shape index (κ1) is 12.5. The second-order valence-corrected chi connectivity index (χ2v) is 5.74. The summed E-state index contributed by atoms with van der Waals surface area (Å²) in [5, 5.41) is 24.1. The molecule has 0 atom stereocenters. The number of aromatic carboxylic acids is 1. The van der Waals surface area contributed by atoms with Crippen LogP contribution in [0.25, 0.3) is 0 Å². The Kier molecular flexibility index (Phi) is 3.02. The molecule has 1 aromatic heterocycles. The van der Waals surface area contributed by atoms with Crippen LogP contribution in [0.3, 0.4) is 0 Å². The topological polar surface area (TPSA) is 129 Å². The third kappa shape index (κ3) is 2.18. The fraction of sp³-hybridized carbons (Fsp3) is 0.500. The van der Waals surface area contributed by atoms with Gasteiger partial charge in [-0.25, -0.2) is 17.9 Å². The van der Waals surface area contributed by atoms with Crippen molar-refractivity contribution in [3.8, 4) is 6.07 Å². The molecule has 1 saturated heterocycles. The van der Waals surface area contributed by atoms with Crippen LogP contribution in [0.5, 0.6) is 0 Å². The Labute approximate surface area is 102 Å². The highest BCUT2D eigenvalue weighted by atomic mass is 32.2. The van der Waals surface area contributed by atoms with Gasteiger partial charge in [0.15, 0.2) is 11.4 Å². The van der Waals surface area contributed by atoms with Crippen LogP contribution >= 0.6 is 0 Å². The highest BCUT2D eigenvalue weighted by Crippen LogP contribution is 2.23. The third-order valence-electron chi connectivity index (χ3n) is 2.57. The van der Waals surface area contributed by atoms with E-state index in [1.165, 1.54) is 10.9 Å². The van der Waals surface area contributed by atoms with E-state index in [0.29, 0.717) is 0 Å². The van der Waals surface area contributed by atoms with Crippen molar-refractivity contribution in [1.29, 1.82) is 5.26 Å². The standard InChI is InChI=1S/C8H9N5O4S/c9-1-2-18(16,17)12-3-6(4-12)13-5-7(8(14)15)10-11-13/h5-6H,2-4H2,(H,14,15). The van der Waals surface area contributed by atoms with E-state index in [9.17, 15) is 13.2 Å². The molecule has 1 aliphatic heterocycles. The number of hydrogen-bond donors (Lipinski definition) is 1. The third-order valence-corrected chi connectivity index (χ3v) is 4.15. The Hall–Kier alpha value is -1.99. The summed E-state index contributed by atoms with van der Waals surface area (Å²) in [6, 6.07) is 1.35. The first-order valence-electron chi connectivity index (χ1n) is 4.94. The molecular formula is C8H9N5O4S. The fourth-order valence-electron chi connectivity index (χ4n) is 1.54. The molecule has 0 unspecified atom stereocenters. The van der Waals surface area contributed by atoms with E-state index in [0.717, 1.165) is 4.31 Å². The van der Waals surface area contributed by atoms with Gasteiger partial charge < -0.3 is 5.11 Å². The van der Waals surface area contributed by atoms with Gasteiger partial charge >= 0.3 is 5.97 Å². The van der Waals surface area contributed by atoms with Crippen LogP contribution in [0.1, 0.15) is 16.5 Å². The van der Waals surface area contributed by atoms with Gasteiger partial charge in [-0.15, -0.1) is 5.10 Å². The molecule has 1 aromatic rings. The number of nitrogens with zero attached hydrogens (tertiary/aromatic N) is 5.